The molecule has 0 unspecified atom stereocenters. The highest BCUT2D eigenvalue weighted by Gasteiger charge is 2.98. The number of alkyl halides is 1. The summed E-state index contributed by atoms with van der Waals surface area (Å²) in [5, 5.41) is 0. The molecule has 110 valence electrons. The second-order valence-electron chi connectivity index (χ2n) is 7.47. The molecule has 3 heterocycles. The Labute approximate surface area is 123 Å². The summed E-state index contributed by atoms with van der Waals surface area (Å²) in [7, 11) is 0. The Morgan fingerprint density at radius 2 is 1.64 bits per heavy atom. The monoisotopic (exact) mass is 297 g/mol. The van der Waals surface area contributed by atoms with Gasteiger partial charge in [-0.15, -0.1) is 0 Å². The molecule has 2 aliphatic heterocycles. The number of benzene rings is 1. The molecule has 1 aromatic carbocycles. The minimum absolute atomic E-state index is 0.0128. The van der Waals surface area contributed by atoms with Crippen LogP contribution < -0.4 is 11.4 Å². The second-order valence-corrected chi connectivity index (χ2v) is 7.47. The molecule has 8 rings (SSSR count). The van der Waals surface area contributed by atoms with E-state index in [0.29, 0.717) is 23.4 Å². The molecule has 4 aliphatic carbocycles. The van der Waals surface area contributed by atoms with Crippen LogP contribution in [0.5, 0.6) is 0 Å². The fourth-order valence-corrected chi connectivity index (χ4v) is 6.57. The number of halogens is 1. The molecule has 1 aromatic heterocycles. The first kappa shape index (κ1) is 10.6. The fraction of sp³-hybridized carbons (Fsp3) is 0.500. The number of hydrogen-bond acceptors (Lipinski definition) is 2. The third kappa shape index (κ3) is 0.725. The van der Waals surface area contributed by atoms with Gasteiger partial charge in [0.05, 0.1) is 17.8 Å². The predicted octanol–water partition coefficient (Wildman–Crippen LogP) is 0.740. The molecule has 0 amide bonds. The summed E-state index contributed by atoms with van der Waals surface area (Å²) in [5.74, 6) is 1.28. The summed E-state index contributed by atoms with van der Waals surface area (Å²) in [6.45, 7) is 0. The molecule has 0 N–H and O–H groups in total. The van der Waals surface area contributed by atoms with Gasteiger partial charge in [-0.2, -0.15) is 0 Å². The zero-order chi connectivity index (χ0) is 14.5. The molecule has 8 atom stereocenters. The van der Waals surface area contributed by atoms with Crippen molar-refractivity contribution in [2.75, 3.05) is 0 Å². The highest BCUT2D eigenvalue weighted by molar-refractivity contribution is 5.45. The van der Waals surface area contributed by atoms with Gasteiger partial charge in [-0.3, -0.25) is 0 Å². The summed E-state index contributed by atoms with van der Waals surface area (Å²) in [6.07, 6.45) is 0. The largest absolute Gasteiger partial charge is 0.352 e. The number of para-hydroxylation sites is 1. The van der Waals surface area contributed by atoms with Crippen molar-refractivity contribution in [3.63, 3.8) is 0 Å². The van der Waals surface area contributed by atoms with E-state index in [0.717, 1.165) is 0 Å². The van der Waals surface area contributed by atoms with Crippen LogP contribution in [-0.4, -0.2) is 19.6 Å². The maximum absolute atomic E-state index is 15.2. The zero-order valence-corrected chi connectivity index (χ0v) is 11.5. The highest BCUT2D eigenvalue weighted by atomic mass is 19.1. The minimum atomic E-state index is -1.20. The Morgan fingerprint density at radius 1 is 0.909 bits per heavy atom. The average Bonchev–Trinajstić information content (AvgIpc) is 3.26. The minimum Gasteiger partial charge on any atom is -0.245 e. The first-order chi connectivity index (χ1) is 10.7. The molecule has 2 aromatic rings. The lowest BCUT2D eigenvalue weighted by Crippen LogP contribution is -2.49. The Balaban J connectivity index is 1.59. The topological polar surface area (TPSA) is 48.9 Å². The van der Waals surface area contributed by atoms with Crippen LogP contribution in [0, 0.1) is 29.6 Å². The van der Waals surface area contributed by atoms with Crippen LogP contribution in [0.25, 0.3) is 5.69 Å². The van der Waals surface area contributed by atoms with E-state index in [-0.39, 0.29) is 29.3 Å². The van der Waals surface area contributed by atoms with Crippen LogP contribution in [0.1, 0.15) is 12.1 Å². The Morgan fingerprint density at radius 3 is 2.32 bits per heavy atom. The summed E-state index contributed by atoms with van der Waals surface area (Å²) < 4.78 is 19.5. The van der Waals surface area contributed by atoms with Gasteiger partial charge in [-0.05, 0) is 29.9 Å². The van der Waals surface area contributed by atoms with Crippen LogP contribution >= 0.6 is 0 Å². The second kappa shape index (κ2) is 2.64. The molecular weight excluding hydrogens is 285 g/mol. The zero-order valence-electron chi connectivity index (χ0n) is 11.5. The van der Waals surface area contributed by atoms with Crippen molar-refractivity contribution in [1.29, 1.82) is 0 Å². The molecule has 6 heteroatoms. The van der Waals surface area contributed by atoms with Crippen molar-refractivity contribution in [3.05, 3.63) is 51.3 Å². The van der Waals surface area contributed by atoms with Gasteiger partial charge in [-0.25, -0.2) is 27.9 Å². The van der Waals surface area contributed by atoms with Crippen LogP contribution in [0.4, 0.5) is 4.39 Å². The van der Waals surface area contributed by atoms with E-state index in [4.69, 9.17) is 0 Å². The standard InChI is InChI=1S/C16H12FN3O2/c17-16-10-7-8-9(7)13(16)20-15(22)18(6-4-2-1-3-5-6)14(21)19(20)12(8)11(10)16/h1-5,7-13H/t7-,8-,9+,10+,11-,12+,13+,16+/m1/s1. The Bertz CT molecular complexity index is 1000. The summed E-state index contributed by atoms with van der Waals surface area (Å²) in [5.41, 5.74) is -1.31. The molecule has 5 nitrogen and oxygen atoms in total. The molecule has 4 saturated carbocycles. The van der Waals surface area contributed by atoms with E-state index in [9.17, 15) is 9.59 Å². The number of hydrogen-bond donors (Lipinski definition) is 0. The van der Waals surface area contributed by atoms with Crippen LogP contribution in [0.2, 0.25) is 0 Å². The van der Waals surface area contributed by atoms with Crippen molar-refractivity contribution < 1.29 is 4.39 Å². The quantitative estimate of drug-likeness (QED) is 0.779. The molecule has 0 radical (unpaired) electrons. The molecular formula is C16H12FN3O2. The average molecular weight is 297 g/mol. The normalized spacial score (nSPS) is 50.1. The summed E-state index contributed by atoms with van der Waals surface area (Å²) in [6, 6.07) is 8.45. The number of nitrogens with zero attached hydrogens (tertiary/aromatic N) is 3. The Hall–Kier alpha value is -2.11. The van der Waals surface area contributed by atoms with Gasteiger partial charge in [0.1, 0.15) is 5.67 Å². The smallest absolute Gasteiger partial charge is 0.245 e. The molecule has 2 bridgehead atoms. The number of aromatic nitrogens is 3. The molecule has 22 heavy (non-hydrogen) atoms. The van der Waals surface area contributed by atoms with Gasteiger partial charge < -0.3 is 0 Å². The van der Waals surface area contributed by atoms with Crippen molar-refractivity contribution in [1.82, 2.24) is 13.9 Å². The van der Waals surface area contributed by atoms with Gasteiger partial charge in [0.15, 0.2) is 0 Å². The van der Waals surface area contributed by atoms with Crippen molar-refractivity contribution >= 4 is 0 Å². The van der Waals surface area contributed by atoms with E-state index < -0.39 is 11.7 Å². The highest BCUT2D eigenvalue weighted by Crippen LogP contribution is 2.94. The van der Waals surface area contributed by atoms with Crippen LogP contribution in [0.15, 0.2) is 39.9 Å². The van der Waals surface area contributed by atoms with Gasteiger partial charge in [0, 0.05) is 11.8 Å². The first-order valence-corrected chi connectivity index (χ1v) is 7.88. The lowest BCUT2D eigenvalue weighted by molar-refractivity contribution is 0.0263. The Kier molecular flexibility index (Phi) is 1.27. The van der Waals surface area contributed by atoms with Crippen LogP contribution in [-0.2, 0) is 0 Å². The SMILES string of the molecule is O=c1n(-c2ccccc2)c(=O)n2n1[C@H]1[C@@H]3[C@@H]4[C@@H]3[C@H]2[C@]2(F)[C@@H]4[C@H]12. The third-order valence-electron chi connectivity index (χ3n) is 7.05. The molecule has 0 saturated heterocycles. The lowest BCUT2D eigenvalue weighted by atomic mass is 9.87. The lowest BCUT2D eigenvalue weighted by Gasteiger charge is -2.39. The first-order valence-electron chi connectivity index (χ1n) is 7.88. The van der Waals surface area contributed by atoms with Gasteiger partial charge in [0.25, 0.3) is 0 Å². The maximum atomic E-state index is 15.2. The molecule has 4 fully saturated rings. The fourth-order valence-electron chi connectivity index (χ4n) is 6.57. The molecule has 6 aliphatic rings. The summed E-state index contributed by atoms with van der Waals surface area (Å²) >= 11 is 0. The van der Waals surface area contributed by atoms with E-state index in [1.54, 1.807) is 28.9 Å². The molecule has 0 spiro atoms. The third-order valence-corrected chi connectivity index (χ3v) is 7.05. The maximum Gasteiger partial charge on any atom is 0.352 e. The van der Waals surface area contributed by atoms with Gasteiger partial charge in [0.2, 0.25) is 0 Å². The van der Waals surface area contributed by atoms with E-state index in [1.165, 1.54) is 9.25 Å². The predicted molar refractivity (Wildman–Crippen MR) is 73.7 cm³/mol. The summed E-state index contributed by atoms with van der Waals surface area (Å²) in [4.78, 5) is 25.7. The number of rotatable bonds is 1. The van der Waals surface area contributed by atoms with E-state index in [2.05, 4.69) is 0 Å². The van der Waals surface area contributed by atoms with Crippen LogP contribution in [0.3, 0.4) is 0 Å². The van der Waals surface area contributed by atoms with Crippen molar-refractivity contribution in [2.24, 2.45) is 29.6 Å². The van der Waals surface area contributed by atoms with Gasteiger partial charge >= 0.3 is 11.4 Å². The van der Waals surface area contributed by atoms with E-state index in [1.807, 2.05) is 6.07 Å². The van der Waals surface area contributed by atoms with Crippen molar-refractivity contribution in [3.8, 4) is 5.69 Å². The van der Waals surface area contributed by atoms with Crippen molar-refractivity contribution in [2.45, 2.75) is 17.8 Å². The van der Waals surface area contributed by atoms with Gasteiger partial charge in [-0.1, -0.05) is 18.2 Å². The van der Waals surface area contributed by atoms with E-state index >= 15 is 4.39 Å².